The van der Waals surface area contributed by atoms with Crippen LogP contribution in [0.25, 0.3) is 0 Å². The monoisotopic (exact) mass is 254 g/mol. The fourth-order valence-electron chi connectivity index (χ4n) is 2.67. The van der Waals surface area contributed by atoms with Crippen LogP contribution in [0.5, 0.6) is 0 Å². The van der Waals surface area contributed by atoms with Crippen LogP contribution in [-0.2, 0) is 19.1 Å². The van der Waals surface area contributed by atoms with Crippen LogP contribution in [0.2, 0.25) is 0 Å². The van der Waals surface area contributed by atoms with Gasteiger partial charge in [-0.3, -0.25) is 9.59 Å². The molecule has 0 aromatic heterocycles. The Hall–Kier alpha value is -1.06. The van der Waals surface area contributed by atoms with E-state index in [1.165, 1.54) is 0 Å². The molecule has 1 aliphatic heterocycles. The third kappa shape index (κ3) is 2.25. The number of fused-ring (bicyclic) bond motifs is 2. The van der Waals surface area contributed by atoms with Crippen molar-refractivity contribution < 1.29 is 19.1 Å². The molecule has 0 aromatic rings. The molecule has 1 aliphatic carbocycles. The van der Waals surface area contributed by atoms with Gasteiger partial charge in [-0.25, -0.2) is 0 Å². The number of carbonyl (C=O) groups is 2. The fraction of sp³-hybridized carbons (Fsp3) is 0.857. The van der Waals surface area contributed by atoms with E-state index in [-0.39, 0.29) is 23.8 Å². The van der Waals surface area contributed by atoms with E-state index >= 15 is 0 Å². The highest BCUT2D eigenvalue weighted by Crippen LogP contribution is 2.44. The van der Waals surface area contributed by atoms with Crippen molar-refractivity contribution in [2.24, 2.45) is 23.2 Å². The van der Waals surface area contributed by atoms with Gasteiger partial charge in [0.15, 0.2) is 0 Å². The quantitative estimate of drug-likeness (QED) is 0.726. The molecule has 1 heterocycles. The number of cyclic esters (lactones) is 1. The summed E-state index contributed by atoms with van der Waals surface area (Å²) in [6.45, 7) is 7.70. The van der Waals surface area contributed by atoms with Gasteiger partial charge in [0, 0.05) is 5.92 Å². The molecule has 2 aliphatic rings. The van der Waals surface area contributed by atoms with Gasteiger partial charge in [0.2, 0.25) is 6.29 Å². The van der Waals surface area contributed by atoms with E-state index in [1.54, 1.807) is 0 Å². The molecular weight excluding hydrogens is 232 g/mol. The molecule has 2 rings (SSSR count). The first kappa shape index (κ1) is 13.4. The van der Waals surface area contributed by atoms with Gasteiger partial charge in [-0.15, -0.1) is 0 Å². The van der Waals surface area contributed by atoms with Gasteiger partial charge in [-0.05, 0) is 39.0 Å². The zero-order chi connectivity index (χ0) is 13.5. The first-order valence-electron chi connectivity index (χ1n) is 6.76. The van der Waals surface area contributed by atoms with E-state index in [0.29, 0.717) is 12.3 Å². The average molecular weight is 254 g/mol. The van der Waals surface area contributed by atoms with Crippen molar-refractivity contribution >= 4 is 11.9 Å². The summed E-state index contributed by atoms with van der Waals surface area (Å²) in [4.78, 5) is 23.8. The summed E-state index contributed by atoms with van der Waals surface area (Å²) in [7, 11) is 0. The van der Waals surface area contributed by atoms with E-state index in [4.69, 9.17) is 9.47 Å². The number of hydrogen-bond donors (Lipinski definition) is 0. The summed E-state index contributed by atoms with van der Waals surface area (Å²) in [6.07, 6.45) is 1.73. The summed E-state index contributed by atoms with van der Waals surface area (Å²) >= 11 is 0. The van der Waals surface area contributed by atoms with Crippen LogP contribution in [0.1, 0.15) is 47.0 Å². The van der Waals surface area contributed by atoms with Crippen molar-refractivity contribution in [3.8, 4) is 0 Å². The second kappa shape index (κ2) is 4.56. The number of esters is 2. The van der Waals surface area contributed by atoms with E-state index in [2.05, 4.69) is 6.92 Å². The predicted octanol–water partition coefficient (Wildman–Crippen LogP) is 2.51. The topological polar surface area (TPSA) is 52.6 Å². The lowest BCUT2D eigenvalue weighted by atomic mass is 9.90. The summed E-state index contributed by atoms with van der Waals surface area (Å²) in [6, 6.07) is 0. The van der Waals surface area contributed by atoms with Crippen molar-refractivity contribution in [2.45, 2.75) is 53.2 Å². The Bertz CT molecular complexity index is 361. The van der Waals surface area contributed by atoms with Crippen LogP contribution in [0.4, 0.5) is 0 Å². The average Bonchev–Trinajstić information content (AvgIpc) is 2.65. The molecular formula is C14H22O4. The van der Waals surface area contributed by atoms with Gasteiger partial charge in [0.25, 0.3) is 0 Å². The largest absolute Gasteiger partial charge is 0.425 e. The molecule has 2 bridgehead atoms. The van der Waals surface area contributed by atoms with Crippen molar-refractivity contribution in [3.05, 3.63) is 0 Å². The molecule has 2 fully saturated rings. The van der Waals surface area contributed by atoms with Gasteiger partial charge in [0.05, 0.1) is 11.3 Å². The minimum absolute atomic E-state index is 0.00383. The van der Waals surface area contributed by atoms with Gasteiger partial charge >= 0.3 is 11.9 Å². The van der Waals surface area contributed by atoms with Crippen LogP contribution in [0, 0.1) is 23.2 Å². The Morgan fingerprint density at radius 1 is 1.44 bits per heavy atom. The molecule has 4 heteroatoms. The maximum atomic E-state index is 12.0. The first-order valence-corrected chi connectivity index (χ1v) is 6.76. The SMILES string of the molecule is CCC(C)(C)C(=O)OC1OC(=O)C2CC1CC2C. The molecule has 0 aromatic carbocycles. The first-order chi connectivity index (χ1) is 8.35. The maximum Gasteiger partial charge on any atom is 0.314 e. The minimum atomic E-state index is -0.669. The molecule has 0 radical (unpaired) electrons. The molecule has 1 saturated carbocycles. The second-order valence-electron chi connectivity index (χ2n) is 6.26. The molecule has 0 amide bonds. The van der Waals surface area contributed by atoms with Crippen LogP contribution < -0.4 is 0 Å². The zero-order valence-electron chi connectivity index (χ0n) is 11.6. The van der Waals surface area contributed by atoms with Crippen LogP contribution in [-0.4, -0.2) is 18.2 Å². The number of rotatable bonds is 3. The van der Waals surface area contributed by atoms with E-state index in [9.17, 15) is 9.59 Å². The van der Waals surface area contributed by atoms with Gasteiger partial charge in [0.1, 0.15) is 0 Å². The van der Waals surface area contributed by atoms with E-state index in [1.807, 2.05) is 20.8 Å². The maximum absolute atomic E-state index is 12.0. The Balaban J connectivity index is 2.03. The lowest BCUT2D eigenvalue weighted by Gasteiger charge is -2.31. The summed E-state index contributed by atoms with van der Waals surface area (Å²) in [5.41, 5.74) is -0.520. The predicted molar refractivity (Wildman–Crippen MR) is 65.4 cm³/mol. The minimum Gasteiger partial charge on any atom is -0.425 e. The fourth-order valence-corrected chi connectivity index (χ4v) is 2.67. The third-order valence-corrected chi connectivity index (χ3v) is 4.50. The van der Waals surface area contributed by atoms with Crippen LogP contribution in [0.3, 0.4) is 0 Å². The smallest absolute Gasteiger partial charge is 0.314 e. The highest BCUT2D eigenvalue weighted by Gasteiger charge is 2.49. The molecule has 4 unspecified atom stereocenters. The van der Waals surface area contributed by atoms with Gasteiger partial charge in [-0.1, -0.05) is 13.8 Å². The summed E-state index contributed by atoms with van der Waals surface area (Å²) < 4.78 is 10.7. The number of carbonyl (C=O) groups excluding carboxylic acids is 2. The third-order valence-electron chi connectivity index (χ3n) is 4.50. The Morgan fingerprint density at radius 3 is 2.72 bits per heavy atom. The molecule has 102 valence electrons. The normalized spacial score (nSPS) is 35.2. The number of hydrogen-bond acceptors (Lipinski definition) is 4. The van der Waals surface area contributed by atoms with Crippen molar-refractivity contribution in [3.63, 3.8) is 0 Å². The van der Waals surface area contributed by atoms with Gasteiger partial charge in [-0.2, -0.15) is 0 Å². The molecule has 4 atom stereocenters. The Labute approximate surface area is 108 Å². The highest BCUT2D eigenvalue weighted by atomic mass is 16.7. The summed E-state index contributed by atoms with van der Waals surface area (Å²) in [5, 5.41) is 0. The Kier molecular flexibility index (Phi) is 3.39. The second-order valence-corrected chi connectivity index (χ2v) is 6.26. The standard InChI is InChI=1S/C14H22O4/c1-5-14(3,4)13(16)18-12-9-6-8(2)10(7-9)11(15)17-12/h8-10,12H,5-7H2,1-4H3. The van der Waals surface area contributed by atoms with Crippen molar-refractivity contribution in [2.75, 3.05) is 0 Å². The molecule has 4 nitrogen and oxygen atoms in total. The number of ether oxygens (including phenoxy) is 2. The zero-order valence-corrected chi connectivity index (χ0v) is 11.6. The lowest BCUT2D eigenvalue weighted by Crippen LogP contribution is -2.39. The van der Waals surface area contributed by atoms with E-state index in [0.717, 1.165) is 12.8 Å². The molecule has 1 saturated heterocycles. The molecule has 18 heavy (non-hydrogen) atoms. The lowest BCUT2D eigenvalue weighted by molar-refractivity contribution is -0.212. The van der Waals surface area contributed by atoms with Crippen LogP contribution in [0.15, 0.2) is 0 Å². The van der Waals surface area contributed by atoms with E-state index < -0.39 is 11.7 Å². The van der Waals surface area contributed by atoms with Crippen molar-refractivity contribution in [1.29, 1.82) is 0 Å². The highest BCUT2D eigenvalue weighted by molar-refractivity contribution is 5.77. The van der Waals surface area contributed by atoms with Crippen LogP contribution >= 0.6 is 0 Å². The van der Waals surface area contributed by atoms with Crippen molar-refractivity contribution in [1.82, 2.24) is 0 Å². The Morgan fingerprint density at radius 2 is 2.11 bits per heavy atom. The van der Waals surface area contributed by atoms with Gasteiger partial charge < -0.3 is 9.47 Å². The summed E-state index contributed by atoms with van der Waals surface area (Å²) in [5.74, 6) is 0.0398. The molecule has 0 N–H and O–H groups in total. The molecule has 0 spiro atoms.